The third kappa shape index (κ3) is 10.3. The summed E-state index contributed by atoms with van der Waals surface area (Å²) < 4.78 is 134. The number of alkyl halides is 3. The number of aromatic nitrogens is 1. The van der Waals surface area contributed by atoms with Crippen molar-refractivity contribution in [3.8, 4) is 5.75 Å². The standard InChI is InChI=1S/C37H36F7N5O6S/c1-21-17-45-18-27(49(21)56(52,53)29-12-10-28(11-13-29)55-37(42,43)44)4-3-5-30-31(41)19-46-20-32(30)47-35(50)34(48-36(51)54-2)33(22-6-8-24(38)9-7-22)23-14-25(39)16-26(40)15-23/h6-16,19-21,27,33-34,45H,3-5,17-18H2,1-2H3,(H,47,50)(H,48,51)/t21-,27+,33+,34+/m1/s1. The van der Waals surface area contributed by atoms with Crippen molar-refractivity contribution in [2.75, 3.05) is 25.5 Å². The molecule has 3 aromatic carbocycles. The summed E-state index contributed by atoms with van der Waals surface area (Å²) in [6.07, 6.45) is -3.74. The average molecular weight is 812 g/mol. The number of hydrogen-bond donors (Lipinski definition) is 3. The molecule has 0 bridgehead atoms. The van der Waals surface area contributed by atoms with Gasteiger partial charge in [-0.15, -0.1) is 13.2 Å². The minimum Gasteiger partial charge on any atom is -0.453 e. The zero-order valence-corrected chi connectivity index (χ0v) is 30.6. The fourth-order valence-corrected chi connectivity index (χ4v) is 8.48. The lowest BCUT2D eigenvalue weighted by Crippen LogP contribution is -2.58. The molecule has 2 amide bonds. The van der Waals surface area contributed by atoms with Crippen molar-refractivity contribution >= 4 is 27.7 Å². The molecule has 0 aliphatic carbocycles. The van der Waals surface area contributed by atoms with Crippen molar-refractivity contribution in [3.63, 3.8) is 0 Å². The van der Waals surface area contributed by atoms with Crippen LogP contribution in [0.1, 0.15) is 42.4 Å². The Hall–Kier alpha value is -5.27. The molecule has 3 N–H and O–H groups in total. The monoisotopic (exact) mass is 811 g/mol. The van der Waals surface area contributed by atoms with Gasteiger partial charge in [0, 0.05) is 42.7 Å². The van der Waals surface area contributed by atoms with E-state index in [0.717, 1.165) is 68.0 Å². The molecule has 56 heavy (non-hydrogen) atoms. The predicted octanol–water partition coefficient (Wildman–Crippen LogP) is 6.41. The number of sulfonamides is 1. The van der Waals surface area contributed by atoms with Crippen LogP contribution in [0.3, 0.4) is 0 Å². The van der Waals surface area contributed by atoms with Crippen LogP contribution >= 0.6 is 0 Å². The van der Waals surface area contributed by atoms with Crippen molar-refractivity contribution in [2.24, 2.45) is 0 Å². The Labute approximate surface area is 317 Å². The summed E-state index contributed by atoms with van der Waals surface area (Å²) >= 11 is 0. The zero-order chi connectivity index (χ0) is 40.8. The summed E-state index contributed by atoms with van der Waals surface area (Å²) in [6, 6.07) is 8.01. The van der Waals surface area contributed by atoms with Crippen LogP contribution in [0.15, 0.2) is 84.0 Å². The van der Waals surface area contributed by atoms with Crippen molar-refractivity contribution in [3.05, 3.63) is 119 Å². The van der Waals surface area contributed by atoms with Gasteiger partial charge in [0.25, 0.3) is 0 Å². The number of nitrogens with one attached hydrogen (secondary N) is 3. The predicted molar refractivity (Wildman–Crippen MR) is 188 cm³/mol. The van der Waals surface area contributed by atoms with Crippen molar-refractivity contribution in [2.45, 2.75) is 61.5 Å². The molecule has 0 radical (unpaired) electrons. The number of amides is 2. The Morgan fingerprint density at radius 1 is 0.929 bits per heavy atom. The van der Waals surface area contributed by atoms with Crippen LogP contribution in [0.5, 0.6) is 5.75 Å². The van der Waals surface area contributed by atoms with Gasteiger partial charge in [0.15, 0.2) is 0 Å². The van der Waals surface area contributed by atoms with E-state index in [-0.39, 0.29) is 59.6 Å². The van der Waals surface area contributed by atoms with Crippen LogP contribution in [0.25, 0.3) is 0 Å². The van der Waals surface area contributed by atoms with Gasteiger partial charge in [0.1, 0.15) is 35.1 Å². The maximum Gasteiger partial charge on any atom is 0.573 e. The summed E-state index contributed by atoms with van der Waals surface area (Å²) in [5.74, 6) is -6.38. The van der Waals surface area contributed by atoms with E-state index in [1.807, 2.05) is 0 Å². The molecule has 4 aromatic rings. The quantitative estimate of drug-likeness (QED) is 0.132. The number of carbonyl (C=O) groups excluding carboxylic acids is 2. The summed E-state index contributed by atoms with van der Waals surface area (Å²) in [5, 5.41) is 8.04. The maximum absolute atomic E-state index is 15.4. The number of carbonyl (C=O) groups is 2. The number of hydrogen-bond acceptors (Lipinski definition) is 8. The molecule has 1 fully saturated rings. The van der Waals surface area contributed by atoms with E-state index in [2.05, 4.69) is 25.7 Å². The number of ether oxygens (including phenoxy) is 2. The van der Waals surface area contributed by atoms with E-state index in [1.54, 1.807) is 6.92 Å². The van der Waals surface area contributed by atoms with Crippen LogP contribution in [0, 0.1) is 23.3 Å². The van der Waals surface area contributed by atoms with E-state index in [4.69, 9.17) is 4.74 Å². The number of rotatable bonds is 13. The Bertz CT molecular complexity index is 2110. The molecule has 1 saturated heterocycles. The first-order valence-electron chi connectivity index (χ1n) is 17.1. The van der Waals surface area contributed by atoms with Crippen LogP contribution in [-0.4, -0.2) is 74.4 Å². The molecule has 0 unspecified atom stereocenters. The van der Waals surface area contributed by atoms with Gasteiger partial charge < -0.3 is 25.4 Å². The fourth-order valence-electron chi connectivity index (χ4n) is 6.63. The number of piperazine rings is 1. The SMILES string of the molecule is COC(=O)N[C@H](C(=O)Nc1cncc(F)c1CCC[C@H]1CNC[C@@H](C)N1S(=O)(=O)c1ccc(OC(F)(F)F)cc1)[C@@H](c1ccc(F)cc1)c1cc(F)cc(F)c1. The topological polar surface area (TPSA) is 139 Å². The number of pyridine rings is 1. The van der Waals surface area contributed by atoms with Gasteiger partial charge in [0.2, 0.25) is 15.9 Å². The Morgan fingerprint density at radius 3 is 2.21 bits per heavy atom. The van der Waals surface area contributed by atoms with Gasteiger partial charge in [0.05, 0.1) is 30.1 Å². The number of halogens is 7. The third-order valence-electron chi connectivity index (χ3n) is 9.02. The van der Waals surface area contributed by atoms with Gasteiger partial charge in [-0.3, -0.25) is 9.78 Å². The van der Waals surface area contributed by atoms with Crippen molar-refractivity contribution in [1.82, 2.24) is 19.9 Å². The summed E-state index contributed by atoms with van der Waals surface area (Å²) in [4.78, 5) is 30.1. The molecule has 0 saturated carbocycles. The molecule has 5 rings (SSSR count). The molecule has 300 valence electrons. The highest BCUT2D eigenvalue weighted by Gasteiger charge is 2.39. The second-order valence-corrected chi connectivity index (χ2v) is 14.7. The van der Waals surface area contributed by atoms with Crippen LogP contribution in [-0.2, 0) is 26.0 Å². The first kappa shape index (κ1) is 41.9. The van der Waals surface area contributed by atoms with E-state index in [1.165, 1.54) is 16.4 Å². The molecule has 0 spiro atoms. The molecule has 11 nitrogen and oxygen atoms in total. The molecule has 1 aromatic heterocycles. The van der Waals surface area contributed by atoms with Gasteiger partial charge >= 0.3 is 12.5 Å². The van der Waals surface area contributed by atoms with E-state index in [0.29, 0.717) is 6.07 Å². The normalized spacial score (nSPS) is 17.4. The molecule has 1 aliphatic heterocycles. The lowest BCUT2D eigenvalue weighted by atomic mass is 9.84. The summed E-state index contributed by atoms with van der Waals surface area (Å²) in [7, 11) is -3.21. The number of nitrogens with zero attached hydrogens (tertiary/aromatic N) is 2. The molecular formula is C37H36F7N5O6S. The first-order valence-corrected chi connectivity index (χ1v) is 18.5. The lowest BCUT2D eigenvalue weighted by Gasteiger charge is -2.40. The average Bonchev–Trinajstić information content (AvgIpc) is 3.12. The van der Waals surface area contributed by atoms with Crippen LogP contribution in [0.4, 0.5) is 41.2 Å². The Morgan fingerprint density at radius 2 is 1.59 bits per heavy atom. The highest BCUT2D eigenvalue weighted by molar-refractivity contribution is 7.89. The van der Waals surface area contributed by atoms with Crippen LogP contribution < -0.4 is 20.7 Å². The molecule has 4 atom stereocenters. The number of benzene rings is 3. The smallest absolute Gasteiger partial charge is 0.453 e. The van der Waals surface area contributed by atoms with E-state index >= 15 is 4.39 Å². The molecule has 2 heterocycles. The molecular weight excluding hydrogens is 775 g/mol. The summed E-state index contributed by atoms with van der Waals surface area (Å²) in [5.41, 5.74) is -0.0999. The number of methoxy groups -OCH3 is 1. The fraction of sp³-hybridized carbons (Fsp3) is 0.324. The lowest BCUT2D eigenvalue weighted by molar-refractivity contribution is -0.274. The van der Waals surface area contributed by atoms with Gasteiger partial charge in [-0.25, -0.2) is 30.8 Å². The van der Waals surface area contributed by atoms with E-state index in [9.17, 15) is 44.3 Å². The minimum absolute atomic E-state index is 0.0354. The zero-order valence-electron chi connectivity index (χ0n) is 29.7. The second kappa shape index (κ2) is 17.7. The maximum atomic E-state index is 15.4. The molecule has 1 aliphatic rings. The van der Waals surface area contributed by atoms with Crippen LogP contribution in [0.2, 0.25) is 0 Å². The molecule has 19 heteroatoms. The summed E-state index contributed by atoms with van der Waals surface area (Å²) in [6.45, 7) is 2.14. The van der Waals surface area contributed by atoms with Gasteiger partial charge in [-0.1, -0.05) is 12.1 Å². The largest absolute Gasteiger partial charge is 0.573 e. The Kier molecular flexibility index (Phi) is 13.2. The van der Waals surface area contributed by atoms with Crippen molar-refractivity contribution < 1.29 is 58.2 Å². The Balaban J connectivity index is 1.38. The number of alkyl carbamates (subject to hydrolysis) is 1. The van der Waals surface area contributed by atoms with E-state index < -0.39 is 81.4 Å². The number of anilines is 1. The highest BCUT2D eigenvalue weighted by atomic mass is 32.2. The minimum atomic E-state index is -4.97. The second-order valence-electron chi connectivity index (χ2n) is 12.9. The van der Waals surface area contributed by atoms with Gasteiger partial charge in [-0.05, 0) is 85.8 Å². The first-order chi connectivity index (χ1) is 26.5. The van der Waals surface area contributed by atoms with Gasteiger partial charge in [-0.2, -0.15) is 4.31 Å². The van der Waals surface area contributed by atoms with Crippen molar-refractivity contribution in [1.29, 1.82) is 0 Å². The third-order valence-corrected chi connectivity index (χ3v) is 11.1. The highest BCUT2D eigenvalue weighted by Crippen LogP contribution is 2.33.